The third-order valence-electron chi connectivity index (χ3n) is 2.91. The highest BCUT2D eigenvalue weighted by atomic mass is 16.5. The summed E-state index contributed by atoms with van der Waals surface area (Å²) < 4.78 is 5.44. The molecule has 3 N–H and O–H groups in total. The van der Waals surface area contributed by atoms with E-state index in [-0.39, 0.29) is 5.54 Å². The number of nitrogens with two attached hydrogens (primary N) is 1. The van der Waals surface area contributed by atoms with Gasteiger partial charge in [-0.25, -0.2) is 0 Å². The van der Waals surface area contributed by atoms with Crippen LogP contribution in [-0.4, -0.2) is 31.8 Å². The van der Waals surface area contributed by atoms with Gasteiger partial charge in [-0.15, -0.1) is 6.58 Å². The van der Waals surface area contributed by atoms with Crippen molar-refractivity contribution in [2.24, 2.45) is 5.73 Å². The van der Waals surface area contributed by atoms with Crippen LogP contribution >= 0.6 is 0 Å². The summed E-state index contributed by atoms with van der Waals surface area (Å²) in [6, 6.07) is 0. The normalized spacial score (nSPS) is 28.4. The zero-order valence-electron chi connectivity index (χ0n) is 8.93. The third kappa shape index (κ3) is 3.40. The van der Waals surface area contributed by atoms with E-state index in [1.807, 2.05) is 6.08 Å². The molecule has 0 aromatic heterocycles. The highest BCUT2D eigenvalue weighted by Gasteiger charge is 2.28. The Morgan fingerprint density at radius 1 is 1.43 bits per heavy atom. The van der Waals surface area contributed by atoms with Gasteiger partial charge in [-0.3, -0.25) is 0 Å². The Morgan fingerprint density at radius 3 is 3.00 bits per heavy atom. The van der Waals surface area contributed by atoms with Crippen LogP contribution in [0.2, 0.25) is 0 Å². The standard InChI is InChI=1S/C11H22N2O/c1-2-3-7-13-11(10-12)5-4-8-14-9-6-11/h2,13H,1,3-10,12H2. The lowest BCUT2D eigenvalue weighted by atomic mass is 9.90. The average molecular weight is 198 g/mol. The van der Waals surface area contributed by atoms with Gasteiger partial charge in [0.15, 0.2) is 0 Å². The topological polar surface area (TPSA) is 47.3 Å². The van der Waals surface area contributed by atoms with Crippen molar-refractivity contribution in [2.75, 3.05) is 26.3 Å². The van der Waals surface area contributed by atoms with Crippen molar-refractivity contribution in [3.8, 4) is 0 Å². The lowest BCUT2D eigenvalue weighted by Crippen LogP contribution is -2.51. The molecule has 1 aliphatic heterocycles. The number of nitrogens with one attached hydrogen (secondary N) is 1. The fourth-order valence-corrected chi connectivity index (χ4v) is 1.90. The SMILES string of the molecule is C=CCCNC1(CN)CCCOCC1. The highest BCUT2D eigenvalue weighted by molar-refractivity contribution is 4.90. The molecule has 0 radical (unpaired) electrons. The molecule has 1 aliphatic rings. The first-order valence-electron chi connectivity index (χ1n) is 5.47. The van der Waals surface area contributed by atoms with E-state index in [1.165, 1.54) is 0 Å². The molecule has 0 bridgehead atoms. The van der Waals surface area contributed by atoms with E-state index in [2.05, 4.69) is 11.9 Å². The molecule has 0 spiro atoms. The second-order valence-electron chi connectivity index (χ2n) is 3.95. The zero-order chi connectivity index (χ0) is 10.3. The fourth-order valence-electron chi connectivity index (χ4n) is 1.90. The lowest BCUT2D eigenvalue weighted by Gasteiger charge is -2.32. The molecule has 0 aromatic carbocycles. The number of hydrogen-bond acceptors (Lipinski definition) is 3. The van der Waals surface area contributed by atoms with Crippen molar-refractivity contribution in [1.82, 2.24) is 5.32 Å². The van der Waals surface area contributed by atoms with Crippen molar-refractivity contribution in [2.45, 2.75) is 31.2 Å². The lowest BCUT2D eigenvalue weighted by molar-refractivity contribution is 0.137. The average Bonchev–Trinajstić information content (AvgIpc) is 2.45. The summed E-state index contributed by atoms with van der Waals surface area (Å²) in [6.45, 7) is 7.10. The molecule has 1 rings (SSSR count). The molecule has 1 atom stereocenters. The molecule has 1 heterocycles. The maximum absolute atomic E-state index is 5.85. The largest absolute Gasteiger partial charge is 0.381 e. The van der Waals surface area contributed by atoms with Gasteiger partial charge in [0, 0.05) is 25.3 Å². The van der Waals surface area contributed by atoms with Gasteiger partial charge >= 0.3 is 0 Å². The quantitative estimate of drug-likeness (QED) is 0.513. The van der Waals surface area contributed by atoms with Crippen LogP contribution in [0.4, 0.5) is 0 Å². The second-order valence-corrected chi connectivity index (χ2v) is 3.95. The molecule has 0 aromatic rings. The molecule has 82 valence electrons. The zero-order valence-corrected chi connectivity index (χ0v) is 8.93. The molecular formula is C11H22N2O. The van der Waals surface area contributed by atoms with Crippen LogP contribution in [0.5, 0.6) is 0 Å². The summed E-state index contributed by atoms with van der Waals surface area (Å²) >= 11 is 0. The molecule has 3 heteroatoms. The molecule has 1 saturated heterocycles. The van der Waals surface area contributed by atoms with Crippen LogP contribution in [0.25, 0.3) is 0 Å². The van der Waals surface area contributed by atoms with E-state index < -0.39 is 0 Å². The molecule has 14 heavy (non-hydrogen) atoms. The fraction of sp³-hybridized carbons (Fsp3) is 0.818. The Balaban J connectivity index is 2.40. The van der Waals surface area contributed by atoms with Crippen molar-refractivity contribution in [3.05, 3.63) is 12.7 Å². The summed E-state index contributed by atoms with van der Waals surface area (Å²) in [5.41, 5.74) is 5.96. The van der Waals surface area contributed by atoms with Crippen LogP contribution in [0.3, 0.4) is 0 Å². The Labute approximate surface area is 86.7 Å². The van der Waals surface area contributed by atoms with Gasteiger partial charge in [-0.1, -0.05) is 6.08 Å². The summed E-state index contributed by atoms with van der Waals surface area (Å²) in [4.78, 5) is 0. The number of hydrogen-bond donors (Lipinski definition) is 2. The molecular weight excluding hydrogens is 176 g/mol. The molecule has 0 amide bonds. The predicted octanol–water partition coefficient (Wildman–Crippen LogP) is 1.05. The first kappa shape index (κ1) is 11.7. The second kappa shape index (κ2) is 6.17. The third-order valence-corrected chi connectivity index (χ3v) is 2.91. The van der Waals surface area contributed by atoms with Gasteiger partial charge in [0.25, 0.3) is 0 Å². The minimum absolute atomic E-state index is 0.111. The van der Waals surface area contributed by atoms with E-state index in [0.29, 0.717) is 6.54 Å². The Morgan fingerprint density at radius 2 is 2.29 bits per heavy atom. The minimum Gasteiger partial charge on any atom is -0.381 e. The van der Waals surface area contributed by atoms with Crippen LogP contribution in [0.15, 0.2) is 12.7 Å². The van der Waals surface area contributed by atoms with Crippen LogP contribution in [0, 0.1) is 0 Å². The monoisotopic (exact) mass is 198 g/mol. The van der Waals surface area contributed by atoms with E-state index in [9.17, 15) is 0 Å². The van der Waals surface area contributed by atoms with Crippen LogP contribution in [-0.2, 0) is 4.74 Å². The van der Waals surface area contributed by atoms with Gasteiger partial charge in [-0.2, -0.15) is 0 Å². The first-order chi connectivity index (χ1) is 6.83. The predicted molar refractivity (Wildman–Crippen MR) is 59.3 cm³/mol. The van der Waals surface area contributed by atoms with E-state index in [4.69, 9.17) is 10.5 Å². The van der Waals surface area contributed by atoms with Crippen molar-refractivity contribution in [3.63, 3.8) is 0 Å². The van der Waals surface area contributed by atoms with E-state index >= 15 is 0 Å². The molecule has 1 unspecified atom stereocenters. The summed E-state index contributed by atoms with van der Waals surface area (Å²) in [5, 5.41) is 3.55. The minimum atomic E-state index is 0.111. The van der Waals surface area contributed by atoms with Crippen molar-refractivity contribution < 1.29 is 4.74 Å². The molecule has 3 nitrogen and oxygen atoms in total. The van der Waals surface area contributed by atoms with Gasteiger partial charge in [-0.05, 0) is 32.2 Å². The van der Waals surface area contributed by atoms with Gasteiger partial charge in [0.05, 0.1) is 0 Å². The van der Waals surface area contributed by atoms with Crippen molar-refractivity contribution >= 4 is 0 Å². The van der Waals surface area contributed by atoms with Gasteiger partial charge in [0.1, 0.15) is 0 Å². The van der Waals surface area contributed by atoms with E-state index in [0.717, 1.165) is 45.4 Å². The smallest absolute Gasteiger partial charge is 0.0484 e. The maximum Gasteiger partial charge on any atom is 0.0484 e. The van der Waals surface area contributed by atoms with Gasteiger partial charge < -0.3 is 15.8 Å². The maximum atomic E-state index is 5.85. The molecule has 0 saturated carbocycles. The van der Waals surface area contributed by atoms with Crippen LogP contribution < -0.4 is 11.1 Å². The van der Waals surface area contributed by atoms with Gasteiger partial charge in [0.2, 0.25) is 0 Å². The molecule has 1 fully saturated rings. The highest BCUT2D eigenvalue weighted by Crippen LogP contribution is 2.19. The van der Waals surface area contributed by atoms with Crippen LogP contribution in [0.1, 0.15) is 25.7 Å². The summed E-state index contributed by atoms with van der Waals surface area (Å²) in [5.74, 6) is 0. The summed E-state index contributed by atoms with van der Waals surface area (Å²) in [7, 11) is 0. The number of rotatable bonds is 5. The summed E-state index contributed by atoms with van der Waals surface area (Å²) in [6.07, 6.45) is 6.20. The Hall–Kier alpha value is -0.380. The molecule has 0 aliphatic carbocycles. The Bertz CT molecular complexity index is 163. The first-order valence-corrected chi connectivity index (χ1v) is 5.47. The number of ether oxygens (including phenoxy) is 1. The van der Waals surface area contributed by atoms with E-state index in [1.54, 1.807) is 0 Å². The Kier molecular flexibility index (Phi) is 5.15. The van der Waals surface area contributed by atoms with Crippen molar-refractivity contribution in [1.29, 1.82) is 0 Å².